The summed E-state index contributed by atoms with van der Waals surface area (Å²) in [6.45, 7) is 2.04. The lowest BCUT2D eigenvalue weighted by molar-refractivity contribution is -0.126. The zero-order valence-electron chi connectivity index (χ0n) is 15.2. The van der Waals surface area contributed by atoms with E-state index in [-0.39, 0.29) is 17.7 Å². The van der Waals surface area contributed by atoms with Crippen molar-refractivity contribution in [3.05, 3.63) is 46.0 Å². The van der Waals surface area contributed by atoms with Gasteiger partial charge in [-0.15, -0.1) is 0 Å². The van der Waals surface area contributed by atoms with Crippen molar-refractivity contribution in [1.82, 2.24) is 10.2 Å². The molecule has 1 aliphatic carbocycles. The lowest BCUT2D eigenvalue weighted by Gasteiger charge is -2.31. The molecule has 1 fully saturated rings. The first kappa shape index (κ1) is 19.2. The third-order valence-corrected chi connectivity index (χ3v) is 5.90. The molecule has 0 radical (unpaired) electrons. The molecule has 2 amide bonds. The molecule has 4 nitrogen and oxygen atoms in total. The summed E-state index contributed by atoms with van der Waals surface area (Å²) in [5, 5.41) is 3.09. The zero-order chi connectivity index (χ0) is 18.4. The number of allylic oxidation sites excluding steroid dienone is 1. The average Bonchev–Trinajstić information content (AvgIpc) is 2.69. The Balaban J connectivity index is 1.41. The minimum atomic E-state index is 0.0318. The van der Waals surface area contributed by atoms with E-state index in [1.165, 1.54) is 31.3 Å². The van der Waals surface area contributed by atoms with Crippen molar-refractivity contribution >= 4 is 27.7 Å². The van der Waals surface area contributed by atoms with Gasteiger partial charge in [-0.1, -0.05) is 27.6 Å². The van der Waals surface area contributed by atoms with E-state index in [2.05, 4.69) is 27.3 Å². The molecule has 0 unspecified atom stereocenters. The summed E-state index contributed by atoms with van der Waals surface area (Å²) < 4.78 is 0.966. The maximum absolute atomic E-state index is 12.5. The maximum atomic E-state index is 12.5. The summed E-state index contributed by atoms with van der Waals surface area (Å²) in [6.07, 6.45) is 9.76. The van der Waals surface area contributed by atoms with Crippen molar-refractivity contribution in [2.24, 2.45) is 5.92 Å². The quantitative estimate of drug-likeness (QED) is 0.724. The highest BCUT2D eigenvalue weighted by molar-refractivity contribution is 9.10. The van der Waals surface area contributed by atoms with E-state index < -0.39 is 0 Å². The average molecular weight is 419 g/mol. The Morgan fingerprint density at radius 2 is 1.85 bits per heavy atom. The summed E-state index contributed by atoms with van der Waals surface area (Å²) >= 11 is 3.39. The van der Waals surface area contributed by atoms with Crippen LogP contribution in [0.25, 0.3) is 0 Å². The van der Waals surface area contributed by atoms with Crippen molar-refractivity contribution in [1.29, 1.82) is 0 Å². The van der Waals surface area contributed by atoms with Gasteiger partial charge in [-0.3, -0.25) is 9.59 Å². The first-order chi connectivity index (χ1) is 12.6. The Labute approximate surface area is 164 Å². The van der Waals surface area contributed by atoms with E-state index in [1.807, 2.05) is 29.2 Å². The number of nitrogens with zero attached hydrogens (tertiary/aromatic N) is 1. The standard InChI is InChI=1S/C21H27BrN2O2/c22-19-8-6-18(7-9-19)21(26)24-14-11-17(12-15-24)20(25)23-13-10-16-4-2-1-3-5-16/h4,6-9,17H,1-3,5,10-15H2,(H,23,25). The van der Waals surface area contributed by atoms with Crippen LogP contribution in [0.5, 0.6) is 0 Å². The van der Waals surface area contributed by atoms with Gasteiger partial charge in [-0.05, 0) is 69.2 Å². The van der Waals surface area contributed by atoms with Crippen molar-refractivity contribution < 1.29 is 9.59 Å². The summed E-state index contributed by atoms with van der Waals surface area (Å²) in [6, 6.07) is 7.45. The van der Waals surface area contributed by atoms with Crippen LogP contribution in [0.2, 0.25) is 0 Å². The monoisotopic (exact) mass is 418 g/mol. The number of hydrogen-bond donors (Lipinski definition) is 1. The Kier molecular flexibility index (Phi) is 6.89. The van der Waals surface area contributed by atoms with Crippen LogP contribution in [-0.4, -0.2) is 36.3 Å². The normalized spacial score (nSPS) is 18.3. The predicted octanol–water partition coefficient (Wildman–Crippen LogP) is 4.31. The van der Waals surface area contributed by atoms with Crippen LogP contribution in [0.15, 0.2) is 40.4 Å². The van der Waals surface area contributed by atoms with Gasteiger partial charge in [0.2, 0.25) is 5.91 Å². The molecule has 140 valence electrons. The maximum Gasteiger partial charge on any atom is 0.253 e. The molecule has 26 heavy (non-hydrogen) atoms. The second-order valence-electron chi connectivity index (χ2n) is 7.22. The number of hydrogen-bond acceptors (Lipinski definition) is 2. The van der Waals surface area contributed by atoms with Gasteiger partial charge in [0.05, 0.1) is 0 Å². The largest absolute Gasteiger partial charge is 0.356 e. The summed E-state index contributed by atoms with van der Waals surface area (Å²) in [4.78, 5) is 26.8. The van der Waals surface area contributed by atoms with Crippen LogP contribution in [-0.2, 0) is 4.79 Å². The Bertz CT molecular complexity index is 661. The second kappa shape index (κ2) is 9.36. The van der Waals surface area contributed by atoms with Crippen molar-refractivity contribution in [2.75, 3.05) is 19.6 Å². The number of amides is 2. The van der Waals surface area contributed by atoms with Gasteiger partial charge in [-0.25, -0.2) is 0 Å². The zero-order valence-corrected chi connectivity index (χ0v) is 16.8. The fourth-order valence-electron chi connectivity index (χ4n) is 3.74. The molecular weight excluding hydrogens is 392 g/mol. The van der Waals surface area contributed by atoms with Gasteiger partial charge in [0.25, 0.3) is 5.91 Å². The molecule has 0 saturated carbocycles. The first-order valence-electron chi connectivity index (χ1n) is 9.64. The van der Waals surface area contributed by atoms with Crippen LogP contribution >= 0.6 is 15.9 Å². The van der Waals surface area contributed by atoms with Crippen molar-refractivity contribution in [3.63, 3.8) is 0 Å². The van der Waals surface area contributed by atoms with Crippen LogP contribution in [0.3, 0.4) is 0 Å². The van der Waals surface area contributed by atoms with E-state index >= 15 is 0 Å². The number of halogens is 1. The molecule has 1 saturated heterocycles. The van der Waals surface area contributed by atoms with E-state index in [1.54, 1.807) is 0 Å². The van der Waals surface area contributed by atoms with E-state index in [0.717, 1.165) is 30.3 Å². The highest BCUT2D eigenvalue weighted by Gasteiger charge is 2.27. The SMILES string of the molecule is O=C(NCCC1=CCCCC1)C1CCN(C(=O)c2ccc(Br)cc2)CC1. The number of likely N-dealkylation sites (tertiary alicyclic amines) is 1. The molecule has 0 atom stereocenters. The molecule has 0 aromatic heterocycles. The Hall–Kier alpha value is -1.62. The Morgan fingerprint density at radius 3 is 2.50 bits per heavy atom. The molecule has 1 aromatic rings. The third-order valence-electron chi connectivity index (χ3n) is 5.37. The van der Waals surface area contributed by atoms with Crippen LogP contribution < -0.4 is 5.32 Å². The van der Waals surface area contributed by atoms with Gasteiger partial charge in [0.1, 0.15) is 0 Å². The minimum absolute atomic E-state index is 0.0318. The molecule has 2 aliphatic rings. The molecule has 0 bridgehead atoms. The summed E-state index contributed by atoms with van der Waals surface area (Å²) in [5.74, 6) is 0.238. The van der Waals surface area contributed by atoms with E-state index in [4.69, 9.17) is 0 Å². The van der Waals surface area contributed by atoms with Gasteiger partial charge < -0.3 is 10.2 Å². The second-order valence-corrected chi connectivity index (χ2v) is 8.14. The topological polar surface area (TPSA) is 49.4 Å². The number of carbonyl (C=O) groups excluding carboxylic acids is 2. The van der Waals surface area contributed by atoms with Crippen molar-refractivity contribution in [3.8, 4) is 0 Å². The fraction of sp³-hybridized carbons (Fsp3) is 0.524. The molecular formula is C21H27BrN2O2. The molecule has 1 N–H and O–H groups in total. The number of piperidine rings is 1. The number of rotatable bonds is 5. The molecule has 3 rings (SSSR count). The summed E-state index contributed by atoms with van der Waals surface area (Å²) in [5.41, 5.74) is 2.20. The molecule has 1 aliphatic heterocycles. The highest BCUT2D eigenvalue weighted by atomic mass is 79.9. The lowest BCUT2D eigenvalue weighted by atomic mass is 9.94. The van der Waals surface area contributed by atoms with Gasteiger partial charge >= 0.3 is 0 Å². The van der Waals surface area contributed by atoms with Crippen molar-refractivity contribution in [2.45, 2.75) is 44.9 Å². The third kappa shape index (κ3) is 5.19. The lowest BCUT2D eigenvalue weighted by Crippen LogP contribution is -2.43. The van der Waals surface area contributed by atoms with Gasteiger partial charge in [0, 0.05) is 35.6 Å². The number of carbonyl (C=O) groups is 2. The minimum Gasteiger partial charge on any atom is -0.356 e. The smallest absolute Gasteiger partial charge is 0.253 e. The molecule has 1 aromatic carbocycles. The molecule has 5 heteroatoms. The van der Waals surface area contributed by atoms with Gasteiger partial charge in [-0.2, -0.15) is 0 Å². The predicted molar refractivity (Wildman–Crippen MR) is 107 cm³/mol. The molecule has 1 heterocycles. The molecule has 0 spiro atoms. The highest BCUT2D eigenvalue weighted by Crippen LogP contribution is 2.21. The number of benzene rings is 1. The van der Waals surface area contributed by atoms with Crippen LogP contribution in [0.4, 0.5) is 0 Å². The van der Waals surface area contributed by atoms with E-state index in [0.29, 0.717) is 18.7 Å². The van der Waals surface area contributed by atoms with Crippen LogP contribution in [0.1, 0.15) is 55.3 Å². The van der Waals surface area contributed by atoms with E-state index in [9.17, 15) is 9.59 Å². The fourth-order valence-corrected chi connectivity index (χ4v) is 4.01. The Morgan fingerprint density at radius 1 is 1.12 bits per heavy atom. The van der Waals surface area contributed by atoms with Crippen LogP contribution in [0, 0.1) is 5.92 Å². The summed E-state index contributed by atoms with van der Waals surface area (Å²) in [7, 11) is 0. The first-order valence-corrected chi connectivity index (χ1v) is 10.4. The number of nitrogens with one attached hydrogen (secondary N) is 1. The van der Waals surface area contributed by atoms with Gasteiger partial charge in [0.15, 0.2) is 0 Å².